The molecule has 0 spiro atoms. The van der Waals surface area contributed by atoms with E-state index >= 15 is 0 Å². The highest BCUT2D eigenvalue weighted by Crippen LogP contribution is 2.52. The van der Waals surface area contributed by atoms with Gasteiger partial charge in [-0.05, 0) is 153 Å². The molecule has 0 aliphatic heterocycles. The van der Waals surface area contributed by atoms with Crippen LogP contribution in [-0.4, -0.2) is 0 Å². The third-order valence-corrected chi connectivity index (χ3v) is 14.3. The fourth-order valence-corrected chi connectivity index (χ4v) is 10.7. The van der Waals surface area contributed by atoms with Crippen LogP contribution in [0.2, 0.25) is 0 Å². The normalized spacial score (nSPS) is 16.1. The fourth-order valence-electron chi connectivity index (χ4n) is 10.7. The van der Waals surface area contributed by atoms with Crippen molar-refractivity contribution in [3.05, 3.63) is 250 Å². The highest BCUT2D eigenvalue weighted by Gasteiger charge is 2.37. The van der Waals surface area contributed by atoms with Gasteiger partial charge in [0, 0.05) is 45.0 Å². The van der Waals surface area contributed by atoms with Crippen molar-refractivity contribution in [1.82, 2.24) is 0 Å². The molecule has 2 nitrogen and oxygen atoms in total. The molecular formula is C64H56N2. The smallest absolute Gasteiger partial charge is 0.0464 e. The van der Waals surface area contributed by atoms with E-state index in [2.05, 4.69) is 256 Å². The molecule has 2 heteroatoms. The summed E-state index contributed by atoms with van der Waals surface area (Å²) in [5.74, 6) is 0. The van der Waals surface area contributed by atoms with E-state index in [0.717, 1.165) is 25.7 Å². The van der Waals surface area contributed by atoms with Gasteiger partial charge < -0.3 is 9.80 Å². The first kappa shape index (κ1) is 41.3. The van der Waals surface area contributed by atoms with E-state index in [-0.39, 0.29) is 10.8 Å². The molecule has 0 unspecified atom stereocenters. The molecule has 322 valence electrons. The Hall–Kier alpha value is -7.42. The molecule has 7 aromatic carbocycles. The Bertz CT molecular complexity index is 3170. The Morgan fingerprint density at radius 3 is 1.35 bits per heavy atom. The molecule has 66 heavy (non-hydrogen) atoms. The average molecular weight is 853 g/mol. The van der Waals surface area contributed by atoms with E-state index in [1.165, 1.54) is 101 Å². The van der Waals surface area contributed by atoms with Gasteiger partial charge in [0.1, 0.15) is 0 Å². The van der Waals surface area contributed by atoms with Gasteiger partial charge in [-0.2, -0.15) is 0 Å². The maximum atomic E-state index is 2.44. The van der Waals surface area contributed by atoms with Crippen LogP contribution in [0, 0.1) is 0 Å². The van der Waals surface area contributed by atoms with Crippen LogP contribution in [0.1, 0.15) is 97.9 Å². The third kappa shape index (κ3) is 7.51. The first-order valence-electron chi connectivity index (χ1n) is 23.7. The Labute approximate surface area is 391 Å². The van der Waals surface area contributed by atoms with Gasteiger partial charge in [-0.3, -0.25) is 0 Å². The van der Waals surface area contributed by atoms with E-state index in [1.54, 1.807) is 0 Å². The molecule has 0 bridgehead atoms. The molecule has 0 aromatic heterocycles. The second kappa shape index (κ2) is 16.9. The predicted molar refractivity (Wildman–Crippen MR) is 282 cm³/mol. The van der Waals surface area contributed by atoms with Gasteiger partial charge in [0.05, 0.1) is 0 Å². The summed E-state index contributed by atoms with van der Waals surface area (Å²) in [5, 5.41) is 0. The van der Waals surface area contributed by atoms with Gasteiger partial charge in [-0.1, -0.05) is 185 Å². The van der Waals surface area contributed by atoms with E-state index in [9.17, 15) is 0 Å². The number of nitrogens with zero attached hydrogens (tertiary/aromatic N) is 2. The maximum Gasteiger partial charge on any atom is 0.0464 e. The number of anilines is 4. The Balaban J connectivity index is 0.792. The van der Waals surface area contributed by atoms with Crippen LogP contribution in [-0.2, 0) is 10.8 Å². The molecule has 0 atom stereocenters. The second-order valence-electron chi connectivity index (χ2n) is 19.2. The van der Waals surface area contributed by atoms with Crippen molar-refractivity contribution in [2.24, 2.45) is 0 Å². The van der Waals surface area contributed by atoms with Gasteiger partial charge in [0.15, 0.2) is 0 Å². The Morgan fingerprint density at radius 2 is 0.864 bits per heavy atom. The number of benzene rings is 7. The van der Waals surface area contributed by atoms with Crippen LogP contribution >= 0.6 is 0 Å². The van der Waals surface area contributed by atoms with Crippen molar-refractivity contribution in [1.29, 1.82) is 0 Å². The molecule has 0 fully saturated rings. The van der Waals surface area contributed by atoms with Crippen molar-refractivity contribution >= 4 is 47.1 Å². The third-order valence-electron chi connectivity index (χ3n) is 14.3. The van der Waals surface area contributed by atoms with E-state index in [4.69, 9.17) is 0 Å². The van der Waals surface area contributed by atoms with Gasteiger partial charge in [0.2, 0.25) is 0 Å². The van der Waals surface area contributed by atoms with Crippen LogP contribution in [0.4, 0.5) is 22.7 Å². The Kier molecular flexibility index (Phi) is 10.5. The second-order valence-corrected chi connectivity index (χ2v) is 19.2. The number of allylic oxidation sites excluding steroid dienone is 7. The van der Waals surface area contributed by atoms with E-state index in [1.807, 2.05) is 0 Å². The van der Waals surface area contributed by atoms with Crippen LogP contribution in [0.5, 0.6) is 0 Å². The van der Waals surface area contributed by atoms with Crippen LogP contribution in [0.3, 0.4) is 0 Å². The van der Waals surface area contributed by atoms with Crippen molar-refractivity contribution < 1.29 is 0 Å². The molecule has 0 saturated heterocycles. The van der Waals surface area contributed by atoms with Crippen LogP contribution in [0.15, 0.2) is 206 Å². The maximum absolute atomic E-state index is 2.44. The van der Waals surface area contributed by atoms with Crippen LogP contribution in [0.25, 0.3) is 46.6 Å². The summed E-state index contributed by atoms with van der Waals surface area (Å²) in [6.07, 6.45) is 26.9. The van der Waals surface area contributed by atoms with Gasteiger partial charge >= 0.3 is 0 Å². The SMILES string of the molecule is CC1(C)c2cc(/C=C/c3ccc(/C=C/c4ccc5c(c4)C(C)(C)c4cc(N(C6=CC=CCC6)c6ccccc6)ccc4-5)cc3)ccc2-c2ccc(N(C3=CCCC=C3)c3ccccc3)cc21. The molecule has 7 aromatic rings. The number of hydrogen-bond acceptors (Lipinski definition) is 2. The molecule has 4 aliphatic carbocycles. The zero-order valence-corrected chi connectivity index (χ0v) is 38.5. The predicted octanol–water partition coefficient (Wildman–Crippen LogP) is 17.4. The summed E-state index contributed by atoms with van der Waals surface area (Å²) in [6.45, 7) is 9.51. The minimum atomic E-state index is -0.130. The zero-order chi connectivity index (χ0) is 44.8. The number of rotatable bonds is 10. The summed E-state index contributed by atoms with van der Waals surface area (Å²) in [6, 6.07) is 58.5. The van der Waals surface area contributed by atoms with Gasteiger partial charge in [-0.15, -0.1) is 0 Å². The summed E-state index contributed by atoms with van der Waals surface area (Å²) in [7, 11) is 0. The minimum Gasteiger partial charge on any atom is -0.314 e. The highest BCUT2D eigenvalue weighted by molar-refractivity contribution is 5.87. The molecule has 0 amide bonds. The molecule has 11 rings (SSSR count). The van der Waals surface area contributed by atoms with Crippen molar-refractivity contribution in [2.75, 3.05) is 9.80 Å². The van der Waals surface area contributed by atoms with Crippen LogP contribution < -0.4 is 9.80 Å². The average Bonchev–Trinajstić information content (AvgIpc) is 3.72. The standard InChI is InChI=1S/C64H56N2/c1-63(2)59-41-47(33-37-55(59)57-39-35-53(43-61(57)63)65(49-17-9-5-10-18-49)50-19-11-6-12-20-50)31-29-45-25-27-46(28-26-45)30-32-48-34-38-56-58-40-36-54(44-62(58)64(3,4)60(56)42-48)66(51-21-13-7-14-22-51)52-23-15-8-16-24-52/h5-7,9-11,13-15,17-19,21-44H,8,12,16,20H2,1-4H3/b31-29+,32-30+. The van der Waals surface area contributed by atoms with Crippen molar-refractivity contribution in [3.8, 4) is 22.3 Å². The van der Waals surface area contributed by atoms with E-state index < -0.39 is 0 Å². The van der Waals surface area contributed by atoms with Crippen molar-refractivity contribution in [2.45, 2.75) is 64.2 Å². The molecule has 0 N–H and O–H groups in total. The fraction of sp³-hybridized carbons (Fsp3) is 0.156. The molecule has 0 radical (unpaired) electrons. The monoisotopic (exact) mass is 852 g/mol. The summed E-state index contributed by atoms with van der Waals surface area (Å²) in [4.78, 5) is 4.84. The Morgan fingerprint density at radius 1 is 0.409 bits per heavy atom. The van der Waals surface area contributed by atoms with Gasteiger partial charge in [0.25, 0.3) is 0 Å². The molecule has 0 heterocycles. The van der Waals surface area contributed by atoms with Crippen molar-refractivity contribution in [3.63, 3.8) is 0 Å². The molecular weight excluding hydrogens is 797 g/mol. The summed E-state index contributed by atoms with van der Waals surface area (Å²) >= 11 is 0. The first-order valence-corrected chi connectivity index (χ1v) is 23.7. The lowest BCUT2D eigenvalue weighted by atomic mass is 9.81. The first-order chi connectivity index (χ1) is 32.2. The lowest BCUT2D eigenvalue weighted by Crippen LogP contribution is -2.19. The largest absolute Gasteiger partial charge is 0.314 e. The summed E-state index contributed by atoms with van der Waals surface area (Å²) in [5.41, 5.74) is 22.8. The number of hydrogen-bond donors (Lipinski definition) is 0. The zero-order valence-electron chi connectivity index (χ0n) is 38.5. The highest BCUT2D eigenvalue weighted by atomic mass is 15.2. The summed E-state index contributed by atoms with van der Waals surface area (Å²) < 4.78 is 0. The topological polar surface area (TPSA) is 6.48 Å². The quantitative estimate of drug-likeness (QED) is 0.127. The number of fused-ring (bicyclic) bond motifs is 6. The lowest BCUT2D eigenvalue weighted by Gasteiger charge is -2.30. The molecule has 0 saturated carbocycles. The van der Waals surface area contributed by atoms with Gasteiger partial charge in [-0.25, -0.2) is 0 Å². The molecule has 4 aliphatic rings. The lowest BCUT2D eigenvalue weighted by molar-refractivity contribution is 0.660. The van der Waals surface area contributed by atoms with E-state index in [0.29, 0.717) is 0 Å². The minimum absolute atomic E-state index is 0.126. The number of para-hydroxylation sites is 2.